The molecular weight excluding hydrogens is 581 g/mol. The van der Waals surface area contributed by atoms with E-state index in [4.69, 9.17) is 4.74 Å². The molecule has 0 saturated heterocycles. The van der Waals surface area contributed by atoms with E-state index in [2.05, 4.69) is 96.2 Å². The fourth-order valence-corrected chi connectivity index (χ4v) is 6.70. The Kier molecular flexibility index (Phi) is 35.6. The highest BCUT2D eigenvalue weighted by atomic mass is 16.5. The van der Waals surface area contributed by atoms with Gasteiger partial charge in [0.25, 0.3) is 0 Å². The van der Waals surface area contributed by atoms with Crippen molar-refractivity contribution >= 4 is 0 Å². The third kappa shape index (κ3) is 37.3. The van der Waals surface area contributed by atoms with Gasteiger partial charge >= 0.3 is 0 Å². The molecule has 1 heteroatoms. The summed E-state index contributed by atoms with van der Waals surface area (Å²) < 4.78 is 6.17. The maximum Gasteiger partial charge on any atom is 0.0901 e. The van der Waals surface area contributed by atoms with Crippen molar-refractivity contribution in [3.05, 3.63) is 60.9 Å². The number of allylic oxidation sites excluding steroid dienone is 9. The SMILES string of the molecule is CCCCCC=CCC=CCCCCCCCCC(CCCCCCCCC=CCC=CCCCCC)COC=CC(C)(C)CC(C)C. The van der Waals surface area contributed by atoms with Crippen molar-refractivity contribution < 1.29 is 4.74 Å². The van der Waals surface area contributed by atoms with E-state index >= 15 is 0 Å². The Bertz CT molecular complexity index is 731. The van der Waals surface area contributed by atoms with Crippen LogP contribution >= 0.6 is 0 Å². The zero-order valence-corrected chi connectivity index (χ0v) is 33.6. The lowest BCUT2D eigenvalue weighted by Gasteiger charge is -2.22. The molecule has 0 radical (unpaired) electrons. The van der Waals surface area contributed by atoms with Gasteiger partial charge in [0.15, 0.2) is 0 Å². The summed E-state index contributed by atoms with van der Waals surface area (Å²) in [5.74, 6) is 1.42. The average molecular weight is 667 g/mol. The zero-order chi connectivity index (χ0) is 35.2. The molecule has 48 heavy (non-hydrogen) atoms. The Balaban J connectivity index is 4.16. The summed E-state index contributed by atoms with van der Waals surface area (Å²) in [6.07, 6.45) is 58.9. The van der Waals surface area contributed by atoms with Gasteiger partial charge in [-0.25, -0.2) is 0 Å². The number of hydrogen-bond acceptors (Lipinski definition) is 1. The molecule has 0 atom stereocenters. The summed E-state index contributed by atoms with van der Waals surface area (Å²) in [5, 5.41) is 0. The lowest BCUT2D eigenvalue weighted by Crippen LogP contribution is -2.12. The molecule has 0 aromatic rings. The fourth-order valence-electron chi connectivity index (χ4n) is 6.70. The van der Waals surface area contributed by atoms with Crippen LogP contribution in [-0.2, 0) is 4.74 Å². The smallest absolute Gasteiger partial charge is 0.0901 e. The van der Waals surface area contributed by atoms with E-state index in [0.29, 0.717) is 11.8 Å². The molecule has 280 valence electrons. The maximum atomic E-state index is 6.17. The summed E-state index contributed by atoms with van der Waals surface area (Å²) in [4.78, 5) is 0. The molecule has 0 heterocycles. The highest BCUT2D eigenvalue weighted by Gasteiger charge is 2.16. The number of rotatable bonds is 36. The van der Waals surface area contributed by atoms with Crippen LogP contribution in [0.3, 0.4) is 0 Å². The van der Waals surface area contributed by atoms with Gasteiger partial charge in [0.2, 0.25) is 0 Å². The summed E-state index contributed by atoms with van der Waals surface area (Å²) in [6.45, 7) is 14.7. The van der Waals surface area contributed by atoms with Crippen LogP contribution in [0, 0.1) is 17.3 Å². The summed E-state index contributed by atoms with van der Waals surface area (Å²) in [7, 11) is 0. The van der Waals surface area contributed by atoms with Crippen molar-refractivity contribution in [1.82, 2.24) is 0 Å². The van der Waals surface area contributed by atoms with Crippen LogP contribution in [-0.4, -0.2) is 6.61 Å². The van der Waals surface area contributed by atoms with Crippen LogP contribution in [0.4, 0.5) is 0 Å². The number of hydrogen-bond donors (Lipinski definition) is 0. The molecule has 0 amide bonds. The number of unbranched alkanes of at least 4 members (excludes halogenated alkanes) is 18. The van der Waals surface area contributed by atoms with Crippen LogP contribution < -0.4 is 0 Å². The average Bonchev–Trinajstić information content (AvgIpc) is 3.05. The van der Waals surface area contributed by atoms with E-state index in [1.807, 2.05) is 6.26 Å². The van der Waals surface area contributed by atoms with Crippen molar-refractivity contribution in [2.24, 2.45) is 17.3 Å². The van der Waals surface area contributed by atoms with Gasteiger partial charge in [-0.05, 0) is 107 Å². The van der Waals surface area contributed by atoms with Gasteiger partial charge in [-0.15, -0.1) is 0 Å². The lowest BCUT2D eigenvalue weighted by atomic mass is 9.84. The minimum Gasteiger partial charge on any atom is -0.501 e. The standard InChI is InChI=1S/C47H86O/c1-7-9-11-13-15-17-19-21-23-25-27-29-31-33-35-37-39-46(44-48-42-41-47(5,6)43-45(3)4)40-38-36-34-32-30-28-26-24-22-20-18-16-14-12-10-8-2/h15-18,21-24,41-42,45-46H,7-14,19-20,25-40,43-44H2,1-6H3. The molecule has 0 aliphatic rings. The van der Waals surface area contributed by atoms with E-state index in [9.17, 15) is 0 Å². The number of ether oxygens (including phenoxy) is 1. The third-order valence-corrected chi connectivity index (χ3v) is 9.51. The highest BCUT2D eigenvalue weighted by Crippen LogP contribution is 2.27. The van der Waals surface area contributed by atoms with Crippen LogP contribution in [0.15, 0.2) is 60.9 Å². The van der Waals surface area contributed by atoms with Crippen LogP contribution in [0.5, 0.6) is 0 Å². The second-order valence-electron chi connectivity index (χ2n) is 15.8. The first-order valence-corrected chi connectivity index (χ1v) is 21.3. The van der Waals surface area contributed by atoms with Gasteiger partial charge < -0.3 is 4.74 Å². The first-order chi connectivity index (χ1) is 23.4. The molecule has 0 aromatic carbocycles. The monoisotopic (exact) mass is 667 g/mol. The van der Waals surface area contributed by atoms with Gasteiger partial charge in [-0.3, -0.25) is 0 Å². The largest absolute Gasteiger partial charge is 0.501 e. The molecule has 0 saturated carbocycles. The second kappa shape index (κ2) is 36.8. The molecule has 0 rings (SSSR count). The van der Waals surface area contributed by atoms with Crippen molar-refractivity contribution in [2.45, 2.75) is 215 Å². The van der Waals surface area contributed by atoms with E-state index in [1.165, 1.54) is 161 Å². The minimum absolute atomic E-state index is 0.213. The normalized spacial score (nSPS) is 13.6. The molecule has 0 spiro atoms. The second-order valence-corrected chi connectivity index (χ2v) is 15.8. The van der Waals surface area contributed by atoms with Crippen molar-refractivity contribution in [3.63, 3.8) is 0 Å². The molecule has 0 fully saturated rings. The molecule has 0 N–H and O–H groups in total. The van der Waals surface area contributed by atoms with E-state index in [1.54, 1.807) is 0 Å². The molecule has 1 nitrogen and oxygen atoms in total. The predicted molar refractivity (Wildman–Crippen MR) is 220 cm³/mol. The van der Waals surface area contributed by atoms with Gasteiger partial charge in [-0.1, -0.05) is 180 Å². The quantitative estimate of drug-likeness (QED) is 0.0367. The van der Waals surface area contributed by atoms with Gasteiger partial charge in [0.05, 0.1) is 12.9 Å². The van der Waals surface area contributed by atoms with Crippen LogP contribution in [0.2, 0.25) is 0 Å². The Morgan fingerprint density at radius 1 is 0.479 bits per heavy atom. The van der Waals surface area contributed by atoms with Crippen molar-refractivity contribution in [2.75, 3.05) is 6.61 Å². The Morgan fingerprint density at radius 2 is 0.854 bits per heavy atom. The molecule has 0 bridgehead atoms. The van der Waals surface area contributed by atoms with Crippen LogP contribution in [0.1, 0.15) is 215 Å². The molecule has 0 aliphatic heterocycles. The van der Waals surface area contributed by atoms with Gasteiger partial charge in [0.1, 0.15) is 0 Å². The summed E-state index contributed by atoms with van der Waals surface area (Å²) in [6, 6.07) is 0. The molecule has 0 aromatic heterocycles. The zero-order valence-electron chi connectivity index (χ0n) is 33.6. The lowest BCUT2D eigenvalue weighted by molar-refractivity contribution is 0.173. The Labute approximate surface area is 303 Å². The first-order valence-electron chi connectivity index (χ1n) is 21.3. The van der Waals surface area contributed by atoms with Crippen molar-refractivity contribution in [1.29, 1.82) is 0 Å². The molecular formula is C47H86O. The fraction of sp³-hybridized carbons (Fsp3) is 0.787. The van der Waals surface area contributed by atoms with Gasteiger partial charge in [0, 0.05) is 0 Å². The van der Waals surface area contributed by atoms with E-state index in [0.717, 1.165) is 19.4 Å². The predicted octanol–water partition coefficient (Wildman–Crippen LogP) is 16.6. The third-order valence-electron chi connectivity index (χ3n) is 9.51. The van der Waals surface area contributed by atoms with E-state index < -0.39 is 0 Å². The molecule has 0 aliphatic carbocycles. The maximum absolute atomic E-state index is 6.17. The van der Waals surface area contributed by atoms with Crippen LogP contribution in [0.25, 0.3) is 0 Å². The first kappa shape index (κ1) is 46.5. The topological polar surface area (TPSA) is 9.23 Å². The Morgan fingerprint density at radius 3 is 1.25 bits per heavy atom. The van der Waals surface area contributed by atoms with Crippen molar-refractivity contribution in [3.8, 4) is 0 Å². The minimum atomic E-state index is 0.213. The van der Waals surface area contributed by atoms with Gasteiger partial charge in [-0.2, -0.15) is 0 Å². The summed E-state index contributed by atoms with van der Waals surface area (Å²) in [5.41, 5.74) is 0.213. The summed E-state index contributed by atoms with van der Waals surface area (Å²) >= 11 is 0. The molecule has 0 unspecified atom stereocenters. The Hall–Kier alpha value is -1.50. The van der Waals surface area contributed by atoms with E-state index in [-0.39, 0.29) is 5.41 Å². The highest BCUT2D eigenvalue weighted by molar-refractivity contribution is 4.94.